The molecule has 0 radical (unpaired) electrons. The van der Waals surface area contributed by atoms with Crippen LogP contribution in [0.5, 0.6) is 0 Å². The van der Waals surface area contributed by atoms with E-state index in [9.17, 15) is 0 Å². The molecule has 12 rings (SSSR count). The number of hydrogen-bond acceptors (Lipinski definition) is 4. The van der Waals surface area contributed by atoms with Gasteiger partial charge in [0.1, 0.15) is 0 Å². The molecule has 8 aromatic rings. The first-order valence-corrected chi connectivity index (χ1v) is 26.5. The van der Waals surface area contributed by atoms with Crippen LogP contribution in [-0.4, -0.2) is 12.3 Å². The van der Waals surface area contributed by atoms with Crippen LogP contribution in [0.15, 0.2) is 127 Å². The maximum atomic E-state index is 2.84. The molecule has 0 spiro atoms. The third kappa shape index (κ3) is 6.51. The van der Waals surface area contributed by atoms with Gasteiger partial charge in [-0.2, -0.15) is 0 Å². The molecule has 1 saturated carbocycles. The molecule has 2 atom stereocenters. The van der Waals surface area contributed by atoms with E-state index in [2.05, 4.69) is 232 Å². The number of thiophene rings is 1. The van der Waals surface area contributed by atoms with Crippen LogP contribution in [0.2, 0.25) is 0 Å². The second kappa shape index (κ2) is 14.9. The smallest absolute Gasteiger partial charge is 0.252 e. The van der Waals surface area contributed by atoms with Gasteiger partial charge >= 0.3 is 0 Å². The van der Waals surface area contributed by atoms with Gasteiger partial charge in [0, 0.05) is 71.1 Å². The van der Waals surface area contributed by atoms with Gasteiger partial charge in [0.2, 0.25) is 0 Å². The number of aryl methyl sites for hydroxylation is 2. The quantitative estimate of drug-likeness (QED) is 0.164. The maximum absolute atomic E-state index is 2.84. The molecule has 7 aromatic carbocycles. The van der Waals surface area contributed by atoms with Crippen molar-refractivity contribution >= 4 is 100 Å². The second-order valence-electron chi connectivity index (χ2n) is 24.8. The van der Waals surface area contributed by atoms with Gasteiger partial charge in [-0.05, 0) is 166 Å². The lowest BCUT2D eigenvalue weighted by atomic mass is 9.33. The molecule has 4 aliphatic rings. The van der Waals surface area contributed by atoms with E-state index in [4.69, 9.17) is 0 Å². The fourth-order valence-corrected chi connectivity index (χ4v) is 14.4. The molecule has 4 heterocycles. The van der Waals surface area contributed by atoms with E-state index in [0.29, 0.717) is 0 Å². The predicted octanol–water partition coefficient (Wildman–Crippen LogP) is 16.4. The van der Waals surface area contributed by atoms with E-state index in [1.807, 2.05) is 11.3 Å². The zero-order valence-corrected chi connectivity index (χ0v) is 44.1. The Balaban J connectivity index is 1.24. The van der Waals surface area contributed by atoms with Crippen molar-refractivity contribution in [3.05, 3.63) is 161 Å². The Morgan fingerprint density at radius 3 is 1.71 bits per heavy atom. The molecule has 348 valence electrons. The largest absolute Gasteiger partial charge is 0.334 e. The Hall–Kier alpha value is -5.78. The van der Waals surface area contributed by atoms with Gasteiger partial charge in [-0.3, -0.25) is 0 Å². The average Bonchev–Trinajstić information content (AvgIpc) is 3.76. The highest BCUT2D eigenvalue weighted by Gasteiger charge is 2.59. The summed E-state index contributed by atoms with van der Waals surface area (Å²) in [5, 5.41) is 2.64. The fourth-order valence-electron chi connectivity index (χ4n) is 13.3. The van der Waals surface area contributed by atoms with Gasteiger partial charge in [-0.1, -0.05) is 143 Å². The van der Waals surface area contributed by atoms with Gasteiger partial charge in [0.05, 0.1) is 5.54 Å². The molecule has 0 N–H and O–H groups in total. The lowest BCUT2D eigenvalue weighted by molar-refractivity contribution is 0.194. The molecule has 3 nitrogen and oxygen atoms in total. The van der Waals surface area contributed by atoms with Gasteiger partial charge in [-0.15, -0.1) is 11.3 Å². The Bertz CT molecular complexity index is 3450. The van der Waals surface area contributed by atoms with Crippen LogP contribution in [-0.2, 0) is 21.7 Å². The summed E-state index contributed by atoms with van der Waals surface area (Å²) < 4.78 is 2.66. The zero-order valence-electron chi connectivity index (χ0n) is 43.3. The molecule has 1 aromatic heterocycles. The third-order valence-corrected chi connectivity index (χ3v) is 18.3. The summed E-state index contributed by atoms with van der Waals surface area (Å²) in [5.74, 6) is 0. The number of anilines is 8. The van der Waals surface area contributed by atoms with Crippen molar-refractivity contribution in [2.24, 2.45) is 0 Å². The number of nitrogens with zero attached hydrogens (tertiary/aromatic N) is 3. The Labute approximate surface area is 416 Å². The average molecular weight is 922 g/mol. The predicted molar refractivity (Wildman–Crippen MR) is 302 cm³/mol. The molecule has 1 fully saturated rings. The minimum atomic E-state index is -0.124. The first-order chi connectivity index (χ1) is 32.7. The number of fused-ring (bicyclic) bond motifs is 10. The zero-order chi connectivity index (χ0) is 48.3. The molecule has 1 aliphatic carbocycles. The van der Waals surface area contributed by atoms with Crippen LogP contribution in [0.25, 0.3) is 20.2 Å². The Morgan fingerprint density at radius 1 is 0.493 bits per heavy atom. The van der Waals surface area contributed by atoms with Crippen LogP contribution < -0.4 is 31.1 Å². The minimum Gasteiger partial charge on any atom is -0.334 e. The summed E-state index contributed by atoms with van der Waals surface area (Å²) in [6.45, 7) is 31.1. The number of hydrogen-bond donors (Lipinski definition) is 0. The van der Waals surface area contributed by atoms with E-state index in [-0.39, 0.29) is 33.9 Å². The molecule has 0 saturated heterocycles. The Kier molecular flexibility index (Phi) is 9.58. The summed E-state index contributed by atoms with van der Waals surface area (Å²) in [5.41, 5.74) is 22.4. The van der Waals surface area contributed by atoms with Crippen LogP contribution in [0.1, 0.15) is 135 Å². The molecule has 0 bridgehead atoms. The van der Waals surface area contributed by atoms with E-state index in [1.165, 1.54) is 129 Å². The van der Waals surface area contributed by atoms with Crippen molar-refractivity contribution in [2.75, 3.05) is 14.7 Å². The first kappa shape index (κ1) is 44.4. The summed E-state index contributed by atoms with van der Waals surface area (Å²) in [6, 6.07) is 50.8. The first-order valence-electron chi connectivity index (χ1n) is 25.7. The van der Waals surface area contributed by atoms with Crippen molar-refractivity contribution in [2.45, 2.75) is 143 Å². The van der Waals surface area contributed by atoms with Crippen LogP contribution in [0.3, 0.4) is 0 Å². The van der Waals surface area contributed by atoms with Crippen molar-refractivity contribution in [3.63, 3.8) is 0 Å². The van der Waals surface area contributed by atoms with Crippen molar-refractivity contribution in [1.82, 2.24) is 0 Å². The van der Waals surface area contributed by atoms with Crippen LogP contribution in [0.4, 0.5) is 45.5 Å². The standard InChI is InChI=1S/C64H68BN3S/c1-39-31-40(2)58-53(32-39)68(64(13)30-17-16-29-63(58,64)12)46-37-54-59-55(38-46)67(45-25-28-57-48(36-45)47-21-14-15-22-56(47)69-57)52-35-43(62(9,10)11)24-27-50(52)65(59)49-26-23-42(61(6,7)8)34-51(49)66(54)44-20-18-19-41(33-44)60(3,4)5/h14-15,18-28,31-38H,16-17,29-30H2,1-13H3. The maximum Gasteiger partial charge on any atom is 0.252 e. The van der Waals surface area contributed by atoms with Gasteiger partial charge in [-0.25, -0.2) is 0 Å². The lowest BCUT2D eigenvalue weighted by Gasteiger charge is -2.51. The van der Waals surface area contributed by atoms with E-state index < -0.39 is 0 Å². The summed E-state index contributed by atoms with van der Waals surface area (Å²) in [7, 11) is 0. The molecule has 69 heavy (non-hydrogen) atoms. The van der Waals surface area contributed by atoms with Gasteiger partial charge in [0.15, 0.2) is 0 Å². The highest BCUT2D eigenvalue weighted by molar-refractivity contribution is 7.25. The molecular weight excluding hydrogens is 854 g/mol. The van der Waals surface area contributed by atoms with Crippen molar-refractivity contribution in [1.29, 1.82) is 0 Å². The molecule has 2 unspecified atom stereocenters. The lowest BCUT2D eigenvalue weighted by Crippen LogP contribution is -2.61. The SMILES string of the molecule is Cc1cc(C)c2c(c1)N(c1cc3c4c(c1)N(c1ccc5sc6ccccc6c5c1)c1cc(C(C)(C)C)ccc1B4c1ccc(C(C)(C)C)cc1N3c1cccc(C(C)(C)C)c1)C1(C)CCCCC21C. The monoisotopic (exact) mass is 922 g/mol. The number of benzene rings is 7. The molecular formula is C64H68BN3S. The summed E-state index contributed by atoms with van der Waals surface area (Å²) in [6.07, 6.45) is 4.82. The van der Waals surface area contributed by atoms with E-state index in [0.717, 1.165) is 6.42 Å². The second-order valence-corrected chi connectivity index (χ2v) is 25.8. The van der Waals surface area contributed by atoms with Crippen molar-refractivity contribution in [3.8, 4) is 0 Å². The Morgan fingerprint density at radius 2 is 1.07 bits per heavy atom. The van der Waals surface area contributed by atoms with Crippen molar-refractivity contribution < 1.29 is 0 Å². The summed E-state index contributed by atoms with van der Waals surface area (Å²) in [4.78, 5) is 8.18. The fraction of sp³-hybridized carbons (Fsp3) is 0.344. The van der Waals surface area contributed by atoms with Gasteiger partial charge < -0.3 is 14.7 Å². The van der Waals surface area contributed by atoms with Crippen LogP contribution in [0, 0.1) is 13.8 Å². The highest BCUT2D eigenvalue weighted by Crippen LogP contribution is 2.63. The normalized spacial score (nSPS) is 19.7. The minimum absolute atomic E-state index is 0.00190. The van der Waals surface area contributed by atoms with Crippen LogP contribution >= 0.6 is 11.3 Å². The highest BCUT2D eigenvalue weighted by atomic mass is 32.1. The molecule has 0 amide bonds. The van der Waals surface area contributed by atoms with E-state index in [1.54, 1.807) is 5.56 Å². The molecule has 5 heteroatoms. The third-order valence-electron chi connectivity index (χ3n) is 17.2. The van der Waals surface area contributed by atoms with E-state index >= 15 is 0 Å². The molecule has 3 aliphatic heterocycles. The van der Waals surface area contributed by atoms with Gasteiger partial charge in [0.25, 0.3) is 6.71 Å². The topological polar surface area (TPSA) is 9.72 Å². The summed E-state index contributed by atoms with van der Waals surface area (Å²) >= 11 is 1.90. The number of rotatable bonds is 3.